The van der Waals surface area contributed by atoms with Gasteiger partial charge >= 0.3 is 0 Å². The Kier molecular flexibility index (Phi) is 3.88. The molecule has 3 aromatic rings. The van der Waals surface area contributed by atoms with E-state index < -0.39 is 11.6 Å². The molecule has 3 heterocycles. The Balaban J connectivity index is 1.38. The summed E-state index contributed by atoms with van der Waals surface area (Å²) in [5.74, 6) is 0.703. The third-order valence-electron chi connectivity index (χ3n) is 5.42. The predicted molar refractivity (Wildman–Crippen MR) is 97.4 cm³/mol. The van der Waals surface area contributed by atoms with Gasteiger partial charge < -0.3 is 9.88 Å². The van der Waals surface area contributed by atoms with Crippen LogP contribution in [0.3, 0.4) is 0 Å². The van der Waals surface area contributed by atoms with Crippen LogP contribution in [-0.4, -0.2) is 25.6 Å². The maximum absolute atomic E-state index is 14.1. The van der Waals surface area contributed by atoms with Crippen molar-refractivity contribution < 1.29 is 8.78 Å². The van der Waals surface area contributed by atoms with E-state index in [2.05, 4.69) is 24.8 Å². The Morgan fingerprint density at radius 2 is 2.04 bits per heavy atom. The average molecular weight is 367 g/mol. The van der Waals surface area contributed by atoms with Crippen molar-refractivity contribution >= 4 is 5.82 Å². The number of hydrogen-bond donors (Lipinski definition) is 1. The van der Waals surface area contributed by atoms with Gasteiger partial charge in [-0.3, -0.25) is 0 Å². The highest BCUT2D eigenvalue weighted by molar-refractivity contribution is 5.59. The number of nitrogens with zero attached hydrogens (tertiary/aromatic N) is 4. The summed E-state index contributed by atoms with van der Waals surface area (Å²) in [5, 5.41) is 3.57. The highest BCUT2D eigenvalue weighted by Crippen LogP contribution is 2.29. The summed E-state index contributed by atoms with van der Waals surface area (Å²) in [6.07, 6.45) is 8.39. The SMILES string of the molecule is Fc1ccc(-c2cn3c(n2)CCC(Nc2ncnc4c2CCC4)C3)c(F)c1. The third kappa shape index (κ3) is 2.97. The van der Waals surface area contributed by atoms with Crippen LogP contribution in [-0.2, 0) is 25.8 Å². The van der Waals surface area contributed by atoms with E-state index in [9.17, 15) is 8.78 Å². The molecule has 1 aliphatic heterocycles. The van der Waals surface area contributed by atoms with Crippen LogP contribution in [0.2, 0.25) is 0 Å². The zero-order chi connectivity index (χ0) is 18.4. The summed E-state index contributed by atoms with van der Waals surface area (Å²) in [6, 6.07) is 3.83. The Morgan fingerprint density at radius 1 is 1.11 bits per heavy atom. The zero-order valence-electron chi connectivity index (χ0n) is 14.8. The summed E-state index contributed by atoms with van der Waals surface area (Å²) in [5.41, 5.74) is 3.27. The number of hydrogen-bond acceptors (Lipinski definition) is 4. The number of benzene rings is 1. The molecule has 0 radical (unpaired) electrons. The first-order valence-electron chi connectivity index (χ1n) is 9.28. The van der Waals surface area contributed by atoms with E-state index in [1.54, 1.807) is 6.33 Å². The van der Waals surface area contributed by atoms with Crippen molar-refractivity contribution in [3.05, 3.63) is 59.4 Å². The first-order chi connectivity index (χ1) is 13.2. The van der Waals surface area contributed by atoms with Crippen LogP contribution in [0.25, 0.3) is 11.3 Å². The molecule has 1 atom stereocenters. The molecule has 2 aliphatic rings. The topological polar surface area (TPSA) is 55.6 Å². The van der Waals surface area contributed by atoms with Gasteiger partial charge in [0.25, 0.3) is 0 Å². The lowest BCUT2D eigenvalue weighted by molar-refractivity contribution is 0.475. The second-order valence-electron chi connectivity index (χ2n) is 7.20. The third-order valence-corrected chi connectivity index (χ3v) is 5.42. The molecular weight excluding hydrogens is 348 g/mol. The van der Waals surface area contributed by atoms with Gasteiger partial charge in [0.05, 0.1) is 5.69 Å². The van der Waals surface area contributed by atoms with E-state index in [0.29, 0.717) is 11.3 Å². The molecule has 0 saturated heterocycles. The van der Waals surface area contributed by atoms with Crippen LogP contribution in [0.5, 0.6) is 0 Å². The Labute approximate surface area is 155 Å². The molecule has 1 aromatic carbocycles. The van der Waals surface area contributed by atoms with Gasteiger partial charge in [0.15, 0.2) is 0 Å². The predicted octanol–water partition coefficient (Wildman–Crippen LogP) is 3.53. The van der Waals surface area contributed by atoms with Crippen molar-refractivity contribution in [3.8, 4) is 11.3 Å². The Hall–Kier alpha value is -2.83. The largest absolute Gasteiger partial charge is 0.365 e. The summed E-state index contributed by atoms with van der Waals surface area (Å²) < 4.78 is 29.3. The normalized spacial score (nSPS) is 18.2. The Morgan fingerprint density at radius 3 is 2.93 bits per heavy atom. The lowest BCUT2D eigenvalue weighted by Crippen LogP contribution is -2.31. The fourth-order valence-corrected chi connectivity index (χ4v) is 4.07. The lowest BCUT2D eigenvalue weighted by atomic mass is 10.1. The summed E-state index contributed by atoms with van der Waals surface area (Å²) >= 11 is 0. The number of nitrogens with one attached hydrogen (secondary N) is 1. The molecule has 1 aliphatic carbocycles. The monoisotopic (exact) mass is 367 g/mol. The molecule has 27 heavy (non-hydrogen) atoms. The molecule has 5 rings (SSSR count). The van der Waals surface area contributed by atoms with Gasteiger partial charge in [-0.1, -0.05) is 0 Å². The smallest absolute Gasteiger partial charge is 0.135 e. The standard InChI is InChI=1S/C20H19F2N5/c21-12-4-6-14(16(22)8-12)18-10-27-9-13(5-7-19(27)26-18)25-20-15-2-1-3-17(15)23-11-24-20/h4,6,8,10-11,13H,1-3,5,7,9H2,(H,23,24,25). The second-order valence-corrected chi connectivity index (χ2v) is 7.20. The number of rotatable bonds is 3. The second kappa shape index (κ2) is 6.40. The molecule has 0 spiro atoms. The molecule has 5 nitrogen and oxygen atoms in total. The molecule has 0 fully saturated rings. The van der Waals surface area contributed by atoms with E-state index in [1.807, 2.05) is 6.20 Å². The van der Waals surface area contributed by atoms with Gasteiger partial charge in [0, 0.05) is 48.1 Å². The molecule has 0 bridgehead atoms. The molecule has 0 saturated carbocycles. The minimum atomic E-state index is -0.586. The number of aromatic nitrogens is 4. The molecule has 7 heteroatoms. The molecular formula is C20H19F2N5. The van der Waals surface area contributed by atoms with Crippen molar-refractivity contribution in [2.24, 2.45) is 0 Å². The molecule has 1 N–H and O–H groups in total. The zero-order valence-corrected chi connectivity index (χ0v) is 14.8. The summed E-state index contributed by atoms with van der Waals surface area (Å²) in [4.78, 5) is 13.4. The maximum atomic E-state index is 14.1. The van der Waals surface area contributed by atoms with E-state index >= 15 is 0 Å². The van der Waals surface area contributed by atoms with Gasteiger partial charge in [-0.2, -0.15) is 0 Å². The van der Waals surface area contributed by atoms with Gasteiger partial charge in [0.2, 0.25) is 0 Å². The van der Waals surface area contributed by atoms with Crippen LogP contribution in [0.1, 0.15) is 29.9 Å². The van der Waals surface area contributed by atoms with Gasteiger partial charge in [-0.05, 0) is 37.8 Å². The van der Waals surface area contributed by atoms with Gasteiger partial charge in [-0.25, -0.2) is 23.7 Å². The Bertz CT molecular complexity index is 1010. The van der Waals surface area contributed by atoms with Crippen LogP contribution in [0, 0.1) is 11.6 Å². The van der Waals surface area contributed by atoms with Crippen LogP contribution < -0.4 is 5.32 Å². The van der Waals surface area contributed by atoms with Crippen LogP contribution >= 0.6 is 0 Å². The number of fused-ring (bicyclic) bond motifs is 2. The van der Waals surface area contributed by atoms with Crippen molar-refractivity contribution in [2.45, 2.75) is 44.7 Å². The fourth-order valence-electron chi connectivity index (χ4n) is 4.07. The van der Waals surface area contributed by atoms with E-state index in [-0.39, 0.29) is 6.04 Å². The molecule has 0 amide bonds. The summed E-state index contributed by atoms with van der Waals surface area (Å²) in [6.45, 7) is 0.740. The number of anilines is 1. The average Bonchev–Trinajstić information content (AvgIpc) is 3.28. The number of imidazole rings is 1. The lowest BCUT2D eigenvalue weighted by Gasteiger charge is -2.25. The van der Waals surface area contributed by atoms with Crippen molar-refractivity contribution in [1.82, 2.24) is 19.5 Å². The minimum Gasteiger partial charge on any atom is -0.365 e. The first-order valence-corrected chi connectivity index (χ1v) is 9.28. The highest BCUT2D eigenvalue weighted by Gasteiger charge is 2.24. The number of aryl methyl sites for hydroxylation is 2. The highest BCUT2D eigenvalue weighted by atomic mass is 19.1. The molecule has 138 valence electrons. The molecule has 2 aromatic heterocycles. The van der Waals surface area contributed by atoms with Gasteiger partial charge in [-0.15, -0.1) is 0 Å². The maximum Gasteiger partial charge on any atom is 0.135 e. The van der Waals surface area contributed by atoms with Crippen LogP contribution in [0.4, 0.5) is 14.6 Å². The van der Waals surface area contributed by atoms with Crippen molar-refractivity contribution in [1.29, 1.82) is 0 Å². The van der Waals surface area contributed by atoms with Crippen LogP contribution in [0.15, 0.2) is 30.7 Å². The van der Waals surface area contributed by atoms with Gasteiger partial charge in [0.1, 0.15) is 29.6 Å². The number of halogens is 2. The fraction of sp³-hybridized carbons (Fsp3) is 0.350. The van der Waals surface area contributed by atoms with Crippen molar-refractivity contribution in [3.63, 3.8) is 0 Å². The van der Waals surface area contributed by atoms with E-state index in [4.69, 9.17) is 0 Å². The first kappa shape index (κ1) is 16.4. The quantitative estimate of drug-likeness (QED) is 0.769. The van der Waals surface area contributed by atoms with E-state index in [1.165, 1.54) is 17.7 Å². The van der Waals surface area contributed by atoms with E-state index in [0.717, 1.165) is 62.1 Å². The minimum absolute atomic E-state index is 0.234. The summed E-state index contributed by atoms with van der Waals surface area (Å²) in [7, 11) is 0. The molecule has 1 unspecified atom stereocenters. The van der Waals surface area contributed by atoms with Crippen molar-refractivity contribution in [2.75, 3.05) is 5.32 Å².